The number of amides is 2. The Bertz CT molecular complexity index is 1200. The Balaban J connectivity index is 1.50. The van der Waals surface area contributed by atoms with Crippen LogP contribution in [-0.4, -0.2) is 66.8 Å². The lowest BCUT2D eigenvalue weighted by Crippen LogP contribution is -2.61. The molecule has 0 spiro atoms. The van der Waals surface area contributed by atoms with Crippen molar-refractivity contribution in [3.8, 4) is 0 Å². The van der Waals surface area contributed by atoms with E-state index in [0.29, 0.717) is 0 Å². The van der Waals surface area contributed by atoms with E-state index in [0.717, 1.165) is 29.5 Å². The van der Waals surface area contributed by atoms with Crippen molar-refractivity contribution in [1.82, 2.24) is 14.5 Å². The number of nitrogens with zero attached hydrogens (tertiary/aromatic N) is 2. The fraction of sp³-hybridized carbons (Fsp3) is 0.481. The van der Waals surface area contributed by atoms with Crippen LogP contribution in [0.1, 0.15) is 56.2 Å². The molecule has 2 amide bonds. The molecule has 2 fully saturated rings. The molecule has 0 aromatic heterocycles. The Morgan fingerprint density at radius 3 is 2.22 bits per heavy atom. The minimum absolute atomic E-state index is 0.00241. The number of aliphatic hydroxyl groups excluding tert-OH is 1. The van der Waals surface area contributed by atoms with E-state index in [-0.39, 0.29) is 54.9 Å². The Kier molecular flexibility index (Phi) is 7.54. The van der Waals surface area contributed by atoms with Gasteiger partial charge >= 0.3 is 0 Å². The molecular weight excluding hydrogens is 478 g/mol. The van der Waals surface area contributed by atoms with Gasteiger partial charge in [-0.05, 0) is 47.6 Å². The summed E-state index contributed by atoms with van der Waals surface area (Å²) >= 11 is 0. The maximum atomic E-state index is 13.5. The minimum atomic E-state index is -3.94. The van der Waals surface area contributed by atoms with Gasteiger partial charge in [0.25, 0.3) is 0 Å². The minimum Gasteiger partial charge on any atom is -0.395 e. The Morgan fingerprint density at radius 1 is 1.06 bits per heavy atom. The second-order valence-corrected chi connectivity index (χ2v) is 12.1. The predicted octanol–water partition coefficient (Wildman–Crippen LogP) is 2.37. The van der Waals surface area contributed by atoms with Crippen molar-refractivity contribution in [2.24, 2.45) is 0 Å². The standard InChI is InChI=1S/C27H35N3O5S/c1-19(2)22-6-10-24(11-7-22)36(34,35)30-15-14-29(20(3)32)17-25(30)26(33)28-16-21-4-8-23(9-5-21)27(18-31)12-13-27/h4-11,19,25,31H,12-18H2,1-3H3,(H,28,33)/t25-/m1/s1. The number of hydrogen-bond donors (Lipinski definition) is 2. The van der Waals surface area contributed by atoms with E-state index in [1.165, 1.54) is 16.1 Å². The van der Waals surface area contributed by atoms with Crippen LogP contribution in [0.2, 0.25) is 0 Å². The first-order chi connectivity index (χ1) is 17.1. The van der Waals surface area contributed by atoms with Crippen LogP contribution in [0.3, 0.4) is 0 Å². The molecule has 2 aromatic rings. The highest BCUT2D eigenvalue weighted by molar-refractivity contribution is 7.89. The molecule has 1 heterocycles. The number of nitrogens with one attached hydrogen (secondary N) is 1. The van der Waals surface area contributed by atoms with E-state index in [1.54, 1.807) is 24.3 Å². The molecule has 9 heteroatoms. The van der Waals surface area contributed by atoms with Crippen LogP contribution in [0, 0.1) is 0 Å². The quantitative estimate of drug-likeness (QED) is 0.564. The summed E-state index contributed by atoms with van der Waals surface area (Å²) in [5, 5.41) is 12.5. The second-order valence-electron chi connectivity index (χ2n) is 10.2. The molecule has 2 aromatic carbocycles. The number of aliphatic hydroxyl groups is 1. The number of piperazine rings is 1. The van der Waals surface area contributed by atoms with Gasteiger partial charge in [-0.2, -0.15) is 4.31 Å². The van der Waals surface area contributed by atoms with Gasteiger partial charge in [-0.3, -0.25) is 9.59 Å². The van der Waals surface area contributed by atoms with Gasteiger partial charge in [-0.25, -0.2) is 8.42 Å². The van der Waals surface area contributed by atoms with E-state index in [2.05, 4.69) is 5.32 Å². The van der Waals surface area contributed by atoms with Crippen LogP contribution < -0.4 is 5.32 Å². The first-order valence-corrected chi connectivity index (χ1v) is 13.9. The average Bonchev–Trinajstić information content (AvgIpc) is 3.68. The molecule has 36 heavy (non-hydrogen) atoms. The van der Waals surface area contributed by atoms with Gasteiger partial charge in [0.2, 0.25) is 21.8 Å². The molecule has 1 aliphatic carbocycles. The van der Waals surface area contributed by atoms with E-state index in [1.807, 2.05) is 38.1 Å². The molecule has 1 aliphatic heterocycles. The normalized spacial score (nSPS) is 19.8. The van der Waals surface area contributed by atoms with Crippen LogP contribution in [0.4, 0.5) is 0 Å². The lowest BCUT2D eigenvalue weighted by atomic mass is 9.96. The first-order valence-electron chi connectivity index (χ1n) is 12.4. The van der Waals surface area contributed by atoms with Crippen molar-refractivity contribution in [1.29, 1.82) is 0 Å². The monoisotopic (exact) mass is 513 g/mol. The molecule has 0 unspecified atom stereocenters. The first kappa shape index (κ1) is 26.3. The predicted molar refractivity (Wildman–Crippen MR) is 137 cm³/mol. The highest BCUT2D eigenvalue weighted by Crippen LogP contribution is 2.47. The van der Waals surface area contributed by atoms with Gasteiger partial charge in [-0.1, -0.05) is 50.2 Å². The zero-order valence-electron chi connectivity index (χ0n) is 21.1. The fourth-order valence-corrected chi connectivity index (χ4v) is 6.26. The summed E-state index contributed by atoms with van der Waals surface area (Å²) < 4.78 is 28.3. The molecule has 0 bridgehead atoms. The second kappa shape index (κ2) is 10.3. The highest BCUT2D eigenvalue weighted by Gasteiger charge is 2.43. The third-order valence-corrected chi connectivity index (χ3v) is 9.34. The lowest BCUT2D eigenvalue weighted by molar-refractivity contribution is -0.134. The average molecular weight is 514 g/mol. The largest absolute Gasteiger partial charge is 0.395 e. The highest BCUT2D eigenvalue weighted by atomic mass is 32.2. The van der Waals surface area contributed by atoms with Crippen LogP contribution in [0.25, 0.3) is 0 Å². The summed E-state index contributed by atoms with van der Waals surface area (Å²) in [4.78, 5) is 26.9. The molecule has 194 valence electrons. The smallest absolute Gasteiger partial charge is 0.243 e. The van der Waals surface area contributed by atoms with E-state index in [9.17, 15) is 23.1 Å². The molecule has 4 rings (SSSR count). The fourth-order valence-electron chi connectivity index (χ4n) is 4.69. The number of carbonyl (C=O) groups excluding carboxylic acids is 2. The van der Waals surface area contributed by atoms with Gasteiger partial charge in [0.15, 0.2) is 0 Å². The van der Waals surface area contributed by atoms with Gasteiger partial charge in [0, 0.05) is 38.5 Å². The van der Waals surface area contributed by atoms with Gasteiger partial charge < -0.3 is 15.3 Å². The summed E-state index contributed by atoms with van der Waals surface area (Å²) in [5.41, 5.74) is 2.87. The van der Waals surface area contributed by atoms with Gasteiger partial charge in [0.1, 0.15) is 6.04 Å². The van der Waals surface area contributed by atoms with E-state index in [4.69, 9.17) is 0 Å². The summed E-state index contributed by atoms with van der Waals surface area (Å²) in [5.74, 6) is -0.368. The Hall–Kier alpha value is -2.75. The van der Waals surface area contributed by atoms with Gasteiger partial charge in [-0.15, -0.1) is 0 Å². The van der Waals surface area contributed by atoms with Crippen molar-refractivity contribution in [2.75, 3.05) is 26.2 Å². The molecule has 1 atom stereocenters. The molecule has 2 N–H and O–H groups in total. The van der Waals surface area contributed by atoms with Gasteiger partial charge in [0.05, 0.1) is 11.5 Å². The molecule has 0 radical (unpaired) electrons. The molecule has 1 saturated heterocycles. The van der Waals surface area contributed by atoms with Crippen LogP contribution >= 0.6 is 0 Å². The third kappa shape index (κ3) is 5.33. The zero-order valence-corrected chi connectivity index (χ0v) is 21.9. The number of benzene rings is 2. The van der Waals surface area contributed by atoms with Crippen LogP contribution in [0.5, 0.6) is 0 Å². The maximum absolute atomic E-state index is 13.5. The topological polar surface area (TPSA) is 107 Å². The lowest BCUT2D eigenvalue weighted by Gasteiger charge is -2.39. The number of hydrogen-bond acceptors (Lipinski definition) is 5. The van der Waals surface area contributed by atoms with E-state index < -0.39 is 22.0 Å². The summed E-state index contributed by atoms with van der Waals surface area (Å²) in [6.45, 7) is 6.14. The van der Waals surface area contributed by atoms with Crippen molar-refractivity contribution >= 4 is 21.8 Å². The molecular formula is C27H35N3O5S. The Morgan fingerprint density at radius 2 is 1.69 bits per heavy atom. The number of carbonyl (C=O) groups is 2. The maximum Gasteiger partial charge on any atom is 0.243 e. The molecule has 2 aliphatic rings. The van der Waals surface area contributed by atoms with Crippen molar-refractivity contribution < 1.29 is 23.1 Å². The molecule has 8 nitrogen and oxygen atoms in total. The molecule has 1 saturated carbocycles. The van der Waals surface area contributed by atoms with E-state index >= 15 is 0 Å². The van der Waals surface area contributed by atoms with Crippen LogP contribution in [-0.2, 0) is 31.6 Å². The summed E-state index contributed by atoms with van der Waals surface area (Å²) in [6.07, 6.45) is 1.94. The SMILES string of the molecule is CC(=O)N1CCN(S(=O)(=O)c2ccc(C(C)C)cc2)[C@@H](C(=O)NCc2ccc(C3(CO)CC3)cc2)C1. The van der Waals surface area contributed by atoms with Crippen molar-refractivity contribution in [3.63, 3.8) is 0 Å². The third-order valence-electron chi connectivity index (χ3n) is 7.42. The van der Waals surface area contributed by atoms with Crippen LogP contribution in [0.15, 0.2) is 53.4 Å². The zero-order chi connectivity index (χ0) is 26.1. The summed E-state index contributed by atoms with van der Waals surface area (Å²) in [6, 6.07) is 13.5. The van der Waals surface area contributed by atoms with Crippen molar-refractivity contribution in [2.45, 2.75) is 62.4 Å². The number of sulfonamides is 1. The summed E-state index contributed by atoms with van der Waals surface area (Å²) in [7, 11) is -3.94. The number of rotatable bonds is 8. The van der Waals surface area contributed by atoms with Crippen molar-refractivity contribution in [3.05, 3.63) is 65.2 Å². The Labute approximate surface area is 213 Å².